The van der Waals surface area contributed by atoms with E-state index in [9.17, 15) is 12.8 Å². The Kier molecular flexibility index (Phi) is 4.55. The number of halogens is 1. The van der Waals surface area contributed by atoms with Crippen LogP contribution < -0.4 is 10.5 Å². The SMILES string of the molecule is Cc1cc(F)c(N)c(C)c1S(=O)(=O)NC1CCCN(C)C1. The summed E-state index contributed by atoms with van der Waals surface area (Å²) in [5, 5.41) is 0. The lowest BCUT2D eigenvalue weighted by Crippen LogP contribution is -2.46. The molecule has 0 spiro atoms. The molecule has 1 atom stereocenters. The summed E-state index contributed by atoms with van der Waals surface area (Å²) in [6.07, 6.45) is 1.76. The van der Waals surface area contributed by atoms with Crippen LogP contribution in [0.3, 0.4) is 0 Å². The van der Waals surface area contributed by atoms with Crippen LogP contribution in [0, 0.1) is 19.7 Å². The predicted molar refractivity (Wildman–Crippen MR) is 81.1 cm³/mol. The minimum atomic E-state index is -3.71. The van der Waals surface area contributed by atoms with Gasteiger partial charge in [-0.05, 0) is 57.5 Å². The largest absolute Gasteiger partial charge is 0.396 e. The average molecular weight is 315 g/mol. The molecule has 0 aromatic heterocycles. The lowest BCUT2D eigenvalue weighted by molar-refractivity contribution is 0.242. The molecule has 1 unspecified atom stereocenters. The zero-order valence-electron chi connectivity index (χ0n) is 12.6. The molecule has 1 saturated heterocycles. The van der Waals surface area contributed by atoms with E-state index >= 15 is 0 Å². The second kappa shape index (κ2) is 5.90. The summed E-state index contributed by atoms with van der Waals surface area (Å²) in [5.41, 5.74) is 6.16. The van der Waals surface area contributed by atoms with Crippen molar-refractivity contribution in [3.05, 3.63) is 23.0 Å². The summed E-state index contributed by atoms with van der Waals surface area (Å²) >= 11 is 0. The highest BCUT2D eigenvalue weighted by Gasteiger charge is 2.27. The number of hydrogen-bond acceptors (Lipinski definition) is 4. The van der Waals surface area contributed by atoms with E-state index in [1.807, 2.05) is 7.05 Å². The van der Waals surface area contributed by atoms with Gasteiger partial charge in [0.15, 0.2) is 0 Å². The van der Waals surface area contributed by atoms with Crippen LogP contribution in [0.1, 0.15) is 24.0 Å². The summed E-state index contributed by atoms with van der Waals surface area (Å²) in [4.78, 5) is 2.18. The van der Waals surface area contributed by atoms with E-state index in [0.29, 0.717) is 12.1 Å². The number of nitrogens with two attached hydrogens (primary N) is 1. The van der Waals surface area contributed by atoms with Gasteiger partial charge >= 0.3 is 0 Å². The Balaban J connectivity index is 2.34. The van der Waals surface area contributed by atoms with Gasteiger partial charge in [-0.1, -0.05) is 0 Å². The quantitative estimate of drug-likeness (QED) is 0.827. The summed E-state index contributed by atoms with van der Waals surface area (Å²) in [6.45, 7) is 4.76. The van der Waals surface area contributed by atoms with E-state index < -0.39 is 15.8 Å². The Morgan fingerprint density at radius 1 is 1.43 bits per heavy atom. The van der Waals surface area contributed by atoms with Crippen molar-refractivity contribution in [2.75, 3.05) is 25.9 Å². The van der Waals surface area contributed by atoms with Crippen LogP contribution in [-0.2, 0) is 10.0 Å². The van der Waals surface area contributed by atoms with E-state index in [0.717, 1.165) is 19.4 Å². The maximum Gasteiger partial charge on any atom is 0.241 e. The Bertz CT molecular complexity index is 646. The zero-order chi connectivity index (χ0) is 15.8. The van der Waals surface area contributed by atoms with Gasteiger partial charge in [-0.15, -0.1) is 0 Å². The summed E-state index contributed by atoms with van der Waals surface area (Å²) in [7, 11) is -1.74. The number of rotatable bonds is 3. The highest BCUT2D eigenvalue weighted by Crippen LogP contribution is 2.28. The summed E-state index contributed by atoms with van der Waals surface area (Å²) in [6, 6.07) is 1.04. The number of nitrogens with zero attached hydrogens (tertiary/aromatic N) is 1. The first-order valence-electron chi connectivity index (χ1n) is 6.98. The first-order valence-corrected chi connectivity index (χ1v) is 8.46. The van der Waals surface area contributed by atoms with Gasteiger partial charge in [0.2, 0.25) is 10.0 Å². The molecule has 1 aliphatic heterocycles. The molecular weight excluding hydrogens is 293 g/mol. The maximum atomic E-state index is 13.6. The van der Waals surface area contributed by atoms with Crippen LogP contribution in [0.2, 0.25) is 0 Å². The van der Waals surface area contributed by atoms with Crippen LogP contribution in [0.5, 0.6) is 0 Å². The molecule has 118 valence electrons. The lowest BCUT2D eigenvalue weighted by atomic mass is 10.1. The molecule has 7 heteroatoms. The Labute approximate surface area is 125 Å². The number of likely N-dealkylation sites (N-methyl/N-ethyl adjacent to an activating group) is 1. The molecule has 0 aliphatic carbocycles. The first kappa shape index (κ1) is 16.2. The molecule has 0 bridgehead atoms. The van der Waals surface area contributed by atoms with Crippen LogP contribution in [0.25, 0.3) is 0 Å². The number of sulfonamides is 1. The molecule has 0 saturated carbocycles. The molecule has 0 amide bonds. The number of nitrogens with one attached hydrogen (secondary N) is 1. The van der Waals surface area contributed by atoms with E-state index in [2.05, 4.69) is 9.62 Å². The summed E-state index contributed by atoms with van der Waals surface area (Å²) < 4.78 is 41.5. The Morgan fingerprint density at radius 2 is 2.10 bits per heavy atom. The Morgan fingerprint density at radius 3 is 2.71 bits per heavy atom. The van der Waals surface area contributed by atoms with Crippen molar-refractivity contribution in [1.82, 2.24) is 9.62 Å². The number of likely N-dealkylation sites (tertiary alicyclic amines) is 1. The van der Waals surface area contributed by atoms with Crippen molar-refractivity contribution in [2.24, 2.45) is 0 Å². The van der Waals surface area contributed by atoms with Gasteiger partial charge in [0.25, 0.3) is 0 Å². The van der Waals surface area contributed by atoms with Crippen molar-refractivity contribution >= 4 is 15.7 Å². The van der Waals surface area contributed by atoms with Crippen LogP contribution in [0.4, 0.5) is 10.1 Å². The molecular formula is C14H22FN3O2S. The molecule has 3 N–H and O–H groups in total. The third kappa shape index (κ3) is 3.36. The minimum Gasteiger partial charge on any atom is -0.396 e. The number of anilines is 1. The van der Waals surface area contributed by atoms with E-state index in [4.69, 9.17) is 5.73 Å². The smallest absolute Gasteiger partial charge is 0.241 e. The zero-order valence-corrected chi connectivity index (χ0v) is 13.4. The van der Waals surface area contributed by atoms with Crippen LogP contribution in [0.15, 0.2) is 11.0 Å². The van der Waals surface area contributed by atoms with Crippen molar-refractivity contribution < 1.29 is 12.8 Å². The van der Waals surface area contributed by atoms with E-state index in [1.54, 1.807) is 6.92 Å². The molecule has 5 nitrogen and oxygen atoms in total. The average Bonchev–Trinajstić information content (AvgIpc) is 2.35. The normalized spacial score (nSPS) is 20.7. The highest BCUT2D eigenvalue weighted by molar-refractivity contribution is 7.89. The van der Waals surface area contributed by atoms with Gasteiger partial charge in [-0.25, -0.2) is 17.5 Å². The fourth-order valence-electron chi connectivity index (χ4n) is 2.88. The van der Waals surface area contributed by atoms with Gasteiger partial charge in [-0.3, -0.25) is 0 Å². The maximum absolute atomic E-state index is 13.6. The third-order valence-corrected chi connectivity index (χ3v) is 5.73. The predicted octanol–water partition coefficient (Wildman–Crippen LogP) is 1.40. The third-order valence-electron chi connectivity index (χ3n) is 3.92. The molecule has 21 heavy (non-hydrogen) atoms. The second-order valence-electron chi connectivity index (χ2n) is 5.77. The lowest BCUT2D eigenvalue weighted by Gasteiger charge is -2.30. The van der Waals surface area contributed by atoms with Crippen LogP contribution >= 0.6 is 0 Å². The van der Waals surface area contributed by atoms with Crippen molar-refractivity contribution in [3.63, 3.8) is 0 Å². The number of benzene rings is 1. The molecule has 1 aliphatic rings. The topological polar surface area (TPSA) is 75.4 Å². The number of aryl methyl sites for hydroxylation is 1. The van der Waals surface area contributed by atoms with Gasteiger partial charge in [-0.2, -0.15) is 0 Å². The number of hydrogen-bond donors (Lipinski definition) is 2. The highest BCUT2D eigenvalue weighted by atomic mass is 32.2. The van der Waals surface area contributed by atoms with Crippen LogP contribution in [-0.4, -0.2) is 39.5 Å². The van der Waals surface area contributed by atoms with E-state index in [1.165, 1.54) is 13.0 Å². The second-order valence-corrected chi connectivity index (χ2v) is 7.42. The van der Waals surface area contributed by atoms with Crippen molar-refractivity contribution in [3.8, 4) is 0 Å². The standard InChI is InChI=1S/C14H22FN3O2S/c1-9-7-12(15)13(16)10(2)14(9)21(19,20)17-11-5-4-6-18(3)8-11/h7,11,17H,4-6,8,16H2,1-3H3. The van der Waals surface area contributed by atoms with Gasteiger partial charge < -0.3 is 10.6 Å². The van der Waals surface area contributed by atoms with Gasteiger partial charge in [0.1, 0.15) is 5.82 Å². The molecule has 1 aromatic carbocycles. The van der Waals surface area contributed by atoms with E-state index in [-0.39, 0.29) is 22.2 Å². The number of piperidine rings is 1. The molecule has 1 fully saturated rings. The molecule has 1 heterocycles. The fourth-order valence-corrected chi connectivity index (χ4v) is 4.63. The molecule has 0 radical (unpaired) electrons. The first-order chi connectivity index (χ1) is 9.72. The monoisotopic (exact) mass is 315 g/mol. The Hall–Kier alpha value is -1.18. The molecule has 1 aromatic rings. The van der Waals surface area contributed by atoms with Crippen molar-refractivity contribution in [2.45, 2.75) is 37.6 Å². The minimum absolute atomic E-state index is 0.0922. The van der Waals surface area contributed by atoms with Crippen molar-refractivity contribution in [1.29, 1.82) is 0 Å². The number of nitrogen functional groups attached to an aromatic ring is 1. The van der Waals surface area contributed by atoms with Gasteiger partial charge in [0.05, 0.1) is 10.6 Å². The van der Waals surface area contributed by atoms with Gasteiger partial charge in [0, 0.05) is 12.6 Å². The summed E-state index contributed by atoms with van der Waals surface area (Å²) in [5.74, 6) is -0.582. The molecule has 2 rings (SSSR count). The fraction of sp³-hybridized carbons (Fsp3) is 0.571.